The van der Waals surface area contributed by atoms with E-state index < -0.39 is 0 Å². The Morgan fingerprint density at radius 1 is 1.27 bits per heavy atom. The highest BCUT2D eigenvalue weighted by Gasteiger charge is 2.22. The summed E-state index contributed by atoms with van der Waals surface area (Å²) in [6.07, 6.45) is 0. The quantitative estimate of drug-likeness (QED) is 0.788. The summed E-state index contributed by atoms with van der Waals surface area (Å²) < 4.78 is 21.2. The zero-order valence-electron chi connectivity index (χ0n) is 13.1. The van der Waals surface area contributed by atoms with Crippen molar-refractivity contribution in [3.63, 3.8) is 0 Å². The van der Waals surface area contributed by atoms with Crippen molar-refractivity contribution in [2.24, 2.45) is 0 Å². The fraction of sp³-hybridized carbons (Fsp3) is 0.533. The Morgan fingerprint density at radius 3 is 2.45 bits per heavy atom. The lowest BCUT2D eigenvalue weighted by Gasteiger charge is -2.23. The second-order valence-corrected chi connectivity index (χ2v) is 4.81. The van der Waals surface area contributed by atoms with E-state index in [1.54, 1.807) is 33.5 Å². The Hall–Kier alpha value is -1.99. The van der Waals surface area contributed by atoms with Crippen molar-refractivity contribution in [2.75, 3.05) is 41.1 Å². The van der Waals surface area contributed by atoms with E-state index in [9.17, 15) is 4.79 Å². The largest absolute Gasteiger partial charge is 0.496 e. The molecule has 2 N–H and O–H groups in total. The number of methoxy groups -OCH3 is 3. The summed E-state index contributed by atoms with van der Waals surface area (Å²) >= 11 is 0. The topological polar surface area (TPSA) is 78.1 Å². The van der Waals surface area contributed by atoms with E-state index in [1.165, 1.54) is 0 Å². The van der Waals surface area contributed by atoms with E-state index in [-0.39, 0.29) is 11.9 Å². The number of carbonyl (C=O) groups is 1. The molecular formula is C15H22N2O5. The molecule has 1 aliphatic rings. The highest BCUT2D eigenvalue weighted by Crippen LogP contribution is 2.33. The minimum Gasteiger partial charge on any atom is -0.496 e. The number of carbonyl (C=O) groups excluding carboxylic acids is 1. The van der Waals surface area contributed by atoms with Gasteiger partial charge in [-0.15, -0.1) is 0 Å². The van der Waals surface area contributed by atoms with E-state index in [2.05, 4.69) is 10.6 Å². The monoisotopic (exact) mass is 310 g/mol. The second-order valence-electron chi connectivity index (χ2n) is 4.81. The molecule has 0 aliphatic carbocycles. The minimum absolute atomic E-state index is 0.111. The van der Waals surface area contributed by atoms with Gasteiger partial charge >= 0.3 is 0 Å². The van der Waals surface area contributed by atoms with Gasteiger partial charge in [0.1, 0.15) is 23.3 Å². The van der Waals surface area contributed by atoms with Gasteiger partial charge in [0.05, 0.1) is 46.7 Å². The Morgan fingerprint density at radius 2 is 1.95 bits per heavy atom. The third kappa shape index (κ3) is 3.80. The molecule has 122 valence electrons. The molecule has 1 aromatic carbocycles. The van der Waals surface area contributed by atoms with E-state index in [4.69, 9.17) is 18.9 Å². The van der Waals surface area contributed by atoms with E-state index in [0.717, 1.165) is 5.56 Å². The third-order valence-electron chi connectivity index (χ3n) is 3.49. The molecule has 0 radical (unpaired) electrons. The van der Waals surface area contributed by atoms with Gasteiger partial charge in [0, 0.05) is 18.7 Å². The molecule has 7 heteroatoms. The molecule has 2 rings (SSSR count). The van der Waals surface area contributed by atoms with Crippen LogP contribution < -0.4 is 24.8 Å². The van der Waals surface area contributed by atoms with Crippen LogP contribution in [0.2, 0.25) is 0 Å². The summed E-state index contributed by atoms with van der Waals surface area (Å²) in [5.41, 5.74) is 0.760. The summed E-state index contributed by atoms with van der Waals surface area (Å²) in [4.78, 5) is 12.1. The molecule has 1 unspecified atom stereocenters. The van der Waals surface area contributed by atoms with Gasteiger partial charge in [-0.2, -0.15) is 0 Å². The molecule has 0 bridgehead atoms. The lowest BCUT2D eigenvalue weighted by molar-refractivity contribution is -0.126. The van der Waals surface area contributed by atoms with Crippen molar-refractivity contribution in [1.29, 1.82) is 0 Å². The van der Waals surface area contributed by atoms with Crippen molar-refractivity contribution < 1.29 is 23.7 Å². The van der Waals surface area contributed by atoms with Crippen molar-refractivity contribution in [2.45, 2.75) is 12.6 Å². The third-order valence-corrected chi connectivity index (χ3v) is 3.49. The van der Waals surface area contributed by atoms with E-state index >= 15 is 0 Å². The van der Waals surface area contributed by atoms with Crippen LogP contribution in [0.3, 0.4) is 0 Å². The van der Waals surface area contributed by atoms with Gasteiger partial charge in [-0.3, -0.25) is 4.79 Å². The van der Waals surface area contributed by atoms with Crippen molar-refractivity contribution in [1.82, 2.24) is 10.6 Å². The van der Waals surface area contributed by atoms with Crippen LogP contribution in [0.4, 0.5) is 0 Å². The van der Waals surface area contributed by atoms with Gasteiger partial charge in [-0.05, 0) is 0 Å². The predicted octanol–water partition coefficient (Wildman–Crippen LogP) is 0.317. The van der Waals surface area contributed by atoms with E-state index in [0.29, 0.717) is 43.6 Å². The Kier molecular flexibility index (Phi) is 5.85. The fourth-order valence-corrected chi connectivity index (χ4v) is 2.28. The number of hydrogen-bond donors (Lipinski definition) is 2. The van der Waals surface area contributed by atoms with Gasteiger partial charge in [-0.25, -0.2) is 0 Å². The van der Waals surface area contributed by atoms with Crippen molar-refractivity contribution in [3.8, 4) is 17.2 Å². The molecule has 1 amide bonds. The highest BCUT2D eigenvalue weighted by molar-refractivity contribution is 5.82. The van der Waals surface area contributed by atoms with Gasteiger partial charge < -0.3 is 29.6 Å². The lowest BCUT2D eigenvalue weighted by Crippen LogP contribution is -2.51. The van der Waals surface area contributed by atoms with Crippen LogP contribution in [-0.2, 0) is 16.1 Å². The number of rotatable bonds is 6. The standard InChI is InChI=1S/C15H22N2O5/c1-19-10-6-13(20-2)11(14(7-10)21-3)8-17-15(18)12-9-22-5-4-16-12/h6-7,12,16H,4-5,8-9H2,1-3H3,(H,17,18). The predicted molar refractivity (Wildman–Crippen MR) is 80.6 cm³/mol. The first-order valence-electron chi connectivity index (χ1n) is 7.07. The molecule has 7 nitrogen and oxygen atoms in total. The zero-order valence-corrected chi connectivity index (χ0v) is 13.1. The average Bonchev–Trinajstić information content (AvgIpc) is 2.59. The molecule has 1 saturated heterocycles. The molecule has 1 aromatic rings. The SMILES string of the molecule is COc1cc(OC)c(CNC(=O)C2COCCN2)c(OC)c1. The van der Waals surface area contributed by atoms with Crippen LogP contribution in [0.25, 0.3) is 0 Å². The maximum atomic E-state index is 12.1. The van der Waals surface area contributed by atoms with Gasteiger partial charge in [-0.1, -0.05) is 0 Å². The molecule has 0 aromatic heterocycles. The van der Waals surface area contributed by atoms with Crippen molar-refractivity contribution in [3.05, 3.63) is 17.7 Å². The van der Waals surface area contributed by atoms with Crippen LogP contribution in [0.5, 0.6) is 17.2 Å². The number of hydrogen-bond acceptors (Lipinski definition) is 6. The highest BCUT2D eigenvalue weighted by atomic mass is 16.5. The molecule has 22 heavy (non-hydrogen) atoms. The first-order chi connectivity index (χ1) is 10.7. The molecule has 1 aliphatic heterocycles. The molecule has 1 atom stereocenters. The minimum atomic E-state index is -0.330. The lowest BCUT2D eigenvalue weighted by atomic mass is 10.1. The Bertz CT molecular complexity index is 490. The van der Waals surface area contributed by atoms with Crippen LogP contribution in [0, 0.1) is 0 Å². The first-order valence-corrected chi connectivity index (χ1v) is 7.07. The van der Waals surface area contributed by atoms with Crippen LogP contribution in [-0.4, -0.2) is 53.0 Å². The van der Waals surface area contributed by atoms with Gasteiger partial charge in [0.25, 0.3) is 0 Å². The Labute approximate surface area is 129 Å². The second kappa shape index (κ2) is 7.86. The van der Waals surface area contributed by atoms with Gasteiger partial charge in [0.15, 0.2) is 0 Å². The number of nitrogens with one attached hydrogen (secondary N) is 2. The van der Waals surface area contributed by atoms with Crippen molar-refractivity contribution >= 4 is 5.91 Å². The average molecular weight is 310 g/mol. The maximum absolute atomic E-state index is 12.1. The molecule has 1 heterocycles. The van der Waals surface area contributed by atoms with Crippen LogP contribution >= 0.6 is 0 Å². The normalized spacial score (nSPS) is 17.7. The summed E-state index contributed by atoms with van der Waals surface area (Å²) in [5, 5.41) is 5.98. The van der Waals surface area contributed by atoms with Crippen LogP contribution in [0.1, 0.15) is 5.56 Å². The fourth-order valence-electron chi connectivity index (χ4n) is 2.28. The zero-order chi connectivity index (χ0) is 15.9. The van der Waals surface area contributed by atoms with E-state index in [1.807, 2.05) is 0 Å². The number of amides is 1. The smallest absolute Gasteiger partial charge is 0.239 e. The summed E-state index contributed by atoms with van der Waals surface area (Å²) in [5.74, 6) is 1.72. The summed E-state index contributed by atoms with van der Waals surface area (Å²) in [6.45, 7) is 1.98. The number of morpholine rings is 1. The van der Waals surface area contributed by atoms with Gasteiger partial charge in [0.2, 0.25) is 5.91 Å². The Balaban J connectivity index is 2.09. The maximum Gasteiger partial charge on any atom is 0.239 e. The van der Waals surface area contributed by atoms with Crippen LogP contribution in [0.15, 0.2) is 12.1 Å². The molecule has 1 fully saturated rings. The molecular weight excluding hydrogens is 288 g/mol. The number of benzene rings is 1. The summed E-state index contributed by atoms with van der Waals surface area (Å²) in [6, 6.07) is 3.18. The number of ether oxygens (including phenoxy) is 4. The molecule has 0 spiro atoms. The molecule has 0 saturated carbocycles. The summed E-state index contributed by atoms with van der Waals surface area (Å²) in [7, 11) is 4.70. The first kappa shape index (κ1) is 16.4.